The Morgan fingerprint density at radius 2 is 1.78 bits per heavy atom. The number of aryl methyl sites for hydroxylation is 2. The smallest absolute Gasteiger partial charge is 0.0353 e. The zero-order valence-electron chi connectivity index (χ0n) is 12.2. The molecule has 0 radical (unpaired) electrons. The predicted octanol–water partition coefficient (Wildman–Crippen LogP) is 3.57. The lowest BCUT2D eigenvalue weighted by Crippen LogP contribution is -2.51. The van der Waals surface area contributed by atoms with E-state index in [1.165, 1.54) is 36.0 Å². The minimum atomic E-state index is 0.653. The van der Waals surface area contributed by atoms with Crippen LogP contribution in [-0.4, -0.2) is 17.1 Å². The standard InChI is InChI=1S/C16H26N2/c1-12-8-9-16(10-13(12)2)11-17-18-14(3)6-5-7-15(18)4/h8-10,14-15,17H,5-7,11H2,1-4H3. The van der Waals surface area contributed by atoms with Crippen molar-refractivity contribution in [1.29, 1.82) is 0 Å². The molecule has 1 aromatic rings. The normalized spacial score (nSPS) is 25.3. The summed E-state index contributed by atoms with van der Waals surface area (Å²) in [6.07, 6.45) is 3.98. The van der Waals surface area contributed by atoms with Crippen molar-refractivity contribution in [2.45, 2.75) is 65.6 Å². The van der Waals surface area contributed by atoms with E-state index in [4.69, 9.17) is 0 Å². The van der Waals surface area contributed by atoms with Crippen LogP contribution in [-0.2, 0) is 6.54 Å². The maximum atomic E-state index is 3.62. The van der Waals surface area contributed by atoms with Crippen molar-refractivity contribution >= 4 is 0 Å². The molecule has 18 heavy (non-hydrogen) atoms. The number of benzene rings is 1. The second-order valence-electron chi connectivity index (χ2n) is 5.79. The van der Waals surface area contributed by atoms with Crippen LogP contribution in [0.2, 0.25) is 0 Å². The first-order valence-corrected chi connectivity index (χ1v) is 7.16. The van der Waals surface area contributed by atoms with E-state index in [2.05, 4.69) is 56.3 Å². The van der Waals surface area contributed by atoms with Crippen molar-refractivity contribution in [3.8, 4) is 0 Å². The monoisotopic (exact) mass is 246 g/mol. The molecule has 1 N–H and O–H groups in total. The highest BCUT2D eigenvalue weighted by Gasteiger charge is 2.23. The molecule has 2 nitrogen and oxygen atoms in total. The summed E-state index contributed by atoms with van der Waals surface area (Å²) < 4.78 is 0. The van der Waals surface area contributed by atoms with Crippen molar-refractivity contribution in [2.24, 2.45) is 0 Å². The SMILES string of the molecule is Cc1ccc(CNN2C(C)CCCC2C)cc1C. The molecule has 2 heteroatoms. The molecular formula is C16H26N2. The van der Waals surface area contributed by atoms with E-state index in [-0.39, 0.29) is 0 Å². The van der Waals surface area contributed by atoms with Gasteiger partial charge < -0.3 is 0 Å². The average molecular weight is 246 g/mol. The summed E-state index contributed by atoms with van der Waals surface area (Å²) in [7, 11) is 0. The molecule has 100 valence electrons. The lowest BCUT2D eigenvalue weighted by molar-refractivity contribution is 0.0435. The van der Waals surface area contributed by atoms with Crippen molar-refractivity contribution in [1.82, 2.24) is 10.4 Å². The molecule has 2 atom stereocenters. The van der Waals surface area contributed by atoms with Gasteiger partial charge in [0.15, 0.2) is 0 Å². The topological polar surface area (TPSA) is 15.3 Å². The lowest BCUT2D eigenvalue weighted by Gasteiger charge is -2.39. The first-order chi connectivity index (χ1) is 8.58. The third-order valence-corrected chi connectivity index (χ3v) is 4.23. The van der Waals surface area contributed by atoms with E-state index in [1.54, 1.807) is 0 Å². The van der Waals surface area contributed by atoms with Gasteiger partial charge in [0.1, 0.15) is 0 Å². The fraction of sp³-hybridized carbons (Fsp3) is 0.625. The van der Waals surface area contributed by atoms with Gasteiger partial charge in [0.05, 0.1) is 0 Å². The third-order valence-electron chi connectivity index (χ3n) is 4.23. The maximum Gasteiger partial charge on any atom is 0.0353 e. The number of hydrazine groups is 1. The summed E-state index contributed by atoms with van der Waals surface area (Å²) in [6, 6.07) is 8.05. The summed E-state index contributed by atoms with van der Waals surface area (Å²) in [5, 5.41) is 2.44. The zero-order chi connectivity index (χ0) is 13.1. The minimum Gasteiger partial charge on any atom is -0.250 e. The van der Waals surface area contributed by atoms with E-state index in [1.807, 2.05) is 0 Å². The number of hydrogen-bond donors (Lipinski definition) is 1. The molecule has 1 aliphatic rings. The fourth-order valence-corrected chi connectivity index (χ4v) is 2.83. The number of hydrogen-bond acceptors (Lipinski definition) is 2. The van der Waals surface area contributed by atoms with Gasteiger partial charge in [-0.2, -0.15) is 0 Å². The first kappa shape index (κ1) is 13.6. The zero-order valence-corrected chi connectivity index (χ0v) is 12.2. The third kappa shape index (κ3) is 3.12. The number of nitrogens with zero attached hydrogens (tertiary/aromatic N) is 1. The number of piperidine rings is 1. The van der Waals surface area contributed by atoms with Crippen molar-refractivity contribution < 1.29 is 0 Å². The Kier molecular flexibility index (Phi) is 4.41. The molecule has 1 fully saturated rings. The Morgan fingerprint density at radius 1 is 1.11 bits per heavy atom. The van der Waals surface area contributed by atoms with Crippen LogP contribution in [0.25, 0.3) is 0 Å². The largest absolute Gasteiger partial charge is 0.250 e. The summed E-state index contributed by atoms with van der Waals surface area (Å²) in [5.41, 5.74) is 7.75. The van der Waals surface area contributed by atoms with E-state index >= 15 is 0 Å². The van der Waals surface area contributed by atoms with E-state index in [9.17, 15) is 0 Å². The summed E-state index contributed by atoms with van der Waals surface area (Å²) in [4.78, 5) is 0. The Morgan fingerprint density at radius 3 is 2.39 bits per heavy atom. The Hall–Kier alpha value is -0.860. The van der Waals surface area contributed by atoms with Crippen LogP contribution in [0.3, 0.4) is 0 Å². The Balaban J connectivity index is 1.95. The highest BCUT2D eigenvalue weighted by atomic mass is 15.5. The summed E-state index contributed by atoms with van der Waals surface area (Å²) in [6.45, 7) is 9.94. The summed E-state index contributed by atoms with van der Waals surface area (Å²) >= 11 is 0. The minimum absolute atomic E-state index is 0.653. The van der Waals surface area contributed by atoms with Crippen LogP contribution in [0.15, 0.2) is 18.2 Å². The van der Waals surface area contributed by atoms with Gasteiger partial charge in [-0.3, -0.25) is 5.43 Å². The van der Waals surface area contributed by atoms with Crippen LogP contribution in [0.1, 0.15) is 49.8 Å². The van der Waals surface area contributed by atoms with Crippen LogP contribution >= 0.6 is 0 Å². The molecular weight excluding hydrogens is 220 g/mol. The Bertz CT molecular complexity index is 390. The second kappa shape index (κ2) is 5.85. The molecule has 0 bridgehead atoms. The van der Waals surface area contributed by atoms with Gasteiger partial charge in [0, 0.05) is 18.6 Å². The van der Waals surface area contributed by atoms with Crippen LogP contribution in [0.5, 0.6) is 0 Å². The van der Waals surface area contributed by atoms with Gasteiger partial charge in [-0.05, 0) is 57.2 Å². The molecule has 2 rings (SSSR count). The maximum absolute atomic E-state index is 3.62. The first-order valence-electron chi connectivity index (χ1n) is 7.16. The molecule has 0 aromatic heterocycles. The molecule has 1 aliphatic heterocycles. The van der Waals surface area contributed by atoms with E-state index in [0.29, 0.717) is 12.1 Å². The predicted molar refractivity (Wildman–Crippen MR) is 77.4 cm³/mol. The molecule has 0 aliphatic carbocycles. The second-order valence-corrected chi connectivity index (χ2v) is 5.79. The van der Waals surface area contributed by atoms with Gasteiger partial charge in [-0.15, -0.1) is 0 Å². The van der Waals surface area contributed by atoms with Gasteiger partial charge in [0.25, 0.3) is 0 Å². The van der Waals surface area contributed by atoms with Crippen LogP contribution in [0.4, 0.5) is 0 Å². The molecule has 1 aromatic carbocycles. The quantitative estimate of drug-likeness (QED) is 0.877. The van der Waals surface area contributed by atoms with Crippen molar-refractivity contribution in [2.75, 3.05) is 0 Å². The number of nitrogens with one attached hydrogen (secondary N) is 1. The molecule has 0 spiro atoms. The van der Waals surface area contributed by atoms with E-state index < -0.39 is 0 Å². The highest BCUT2D eigenvalue weighted by molar-refractivity contribution is 5.29. The highest BCUT2D eigenvalue weighted by Crippen LogP contribution is 2.20. The molecule has 0 amide bonds. The lowest BCUT2D eigenvalue weighted by atomic mass is 10.00. The van der Waals surface area contributed by atoms with Crippen LogP contribution in [0, 0.1) is 13.8 Å². The van der Waals surface area contributed by atoms with Gasteiger partial charge >= 0.3 is 0 Å². The van der Waals surface area contributed by atoms with Gasteiger partial charge in [-0.1, -0.05) is 24.6 Å². The van der Waals surface area contributed by atoms with Gasteiger partial charge in [0.2, 0.25) is 0 Å². The van der Waals surface area contributed by atoms with Gasteiger partial charge in [-0.25, -0.2) is 5.01 Å². The summed E-state index contributed by atoms with van der Waals surface area (Å²) in [5.74, 6) is 0. The molecule has 2 unspecified atom stereocenters. The fourth-order valence-electron chi connectivity index (χ4n) is 2.83. The molecule has 1 heterocycles. The van der Waals surface area contributed by atoms with E-state index in [0.717, 1.165) is 6.54 Å². The van der Waals surface area contributed by atoms with Crippen molar-refractivity contribution in [3.05, 3.63) is 34.9 Å². The number of rotatable bonds is 3. The Labute approximate surface area is 111 Å². The van der Waals surface area contributed by atoms with Crippen molar-refractivity contribution in [3.63, 3.8) is 0 Å². The van der Waals surface area contributed by atoms with Crippen LogP contribution < -0.4 is 5.43 Å². The average Bonchev–Trinajstić information content (AvgIpc) is 2.33. The molecule has 1 saturated heterocycles. The molecule has 0 saturated carbocycles.